The first-order valence-corrected chi connectivity index (χ1v) is 6.07. The van der Waals surface area contributed by atoms with Gasteiger partial charge in [0.2, 0.25) is 0 Å². The van der Waals surface area contributed by atoms with Crippen molar-refractivity contribution < 1.29 is 4.39 Å². The maximum atomic E-state index is 13.1. The minimum absolute atomic E-state index is 0.221. The molecule has 1 N–H and O–H groups in total. The zero-order valence-corrected chi connectivity index (χ0v) is 10.5. The Morgan fingerprint density at radius 2 is 1.89 bits per heavy atom. The van der Waals surface area contributed by atoms with E-state index in [9.17, 15) is 9.18 Å². The normalized spacial score (nSPS) is 11.1. The summed E-state index contributed by atoms with van der Waals surface area (Å²) >= 11 is 0. The molecular formula is C15H13FN2O. The summed E-state index contributed by atoms with van der Waals surface area (Å²) in [7, 11) is 0. The quantitative estimate of drug-likeness (QED) is 0.752. The molecule has 0 amide bonds. The Bertz CT molecular complexity index is 784. The van der Waals surface area contributed by atoms with Crippen LogP contribution in [-0.2, 0) is 6.54 Å². The molecule has 0 saturated carbocycles. The first-order valence-electron chi connectivity index (χ1n) is 6.07. The molecular weight excluding hydrogens is 243 g/mol. The third-order valence-corrected chi connectivity index (χ3v) is 3.20. The van der Waals surface area contributed by atoms with E-state index in [1.165, 1.54) is 17.7 Å². The Labute approximate surface area is 109 Å². The smallest absolute Gasteiger partial charge is 0.305 e. The number of benzene rings is 2. The van der Waals surface area contributed by atoms with Crippen molar-refractivity contribution in [3.63, 3.8) is 0 Å². The number of imidazole rings is 1. The lowest BCUT2D eigenvalue weighted by atomic mass is 10.1. The minimum atomic E-state index is -0.351. The van der Waals surface area contributed by atoms with Crippen LogP contribution in [0.5, 0.6) is 0 Å². The molecule has 0 saturated heterocycles. The molecule has 0 fully saturated rings. The first kappa shape index (κ1) is 11.7. The van der Waals surface area contributed by atoms with Gasteiger partial charge in [-0.15, -0.1) is 0 Å². The van der Waals surface area contributed by atoms with E-state index in [1.807, 2.05) is 31.2 Å². The van der Waals surface area contributed by atoms with Crippen LogP contribution < -0.4 is 5.69 Å². The van der Waals surface area contributed by atoms with Gasteiger partial charge in [0.15, 0.2) is 0 Å². The minimum Gasteiger partial charge on any atom is -0.305 e. The summed E-state index contributed by atoms with van der Waals surface area (Å²) in [6, 6.07) is 12.3. The fraction of sp³-hybridized carbons (Fsp3) is 0.133. The molecule has 19 heavy (non-hydrogen) atoms. The van der Waals surface area contributed by atoms with Crippen molar-refractivity contribution in [2.24, 2.45) is 0 Å². The Balaban J connectivity index is 2.07. The first-order chi connectivity index (χ1) is 9.13. The number of aromatic amines is 1. The van der Waals surface area contributed by atoms with Crippen LogP contribution in [0, 0.1) is 12.7 Å². The van der Waals surface area contributed by atoms with E-state index < -0.39 is 0 Å². The van der Waals surface area contributed by atoms with Gasteiger partial charge in [-0.25, -0.2) is 9.18 Å². The number of fused-ring (bicyclic) bond motifs is 1. The number of hydrogen-bond donors (Lipinski definition) is 1. The summed E-state index contributed by atoms with van der Waals surface area (Å²) in [6.45, 7) is 2.50. The zero-order valence-electron chi connectivity index (χ0n) is 10.5. The molecule has 3 aromatic rings. The number of halogens is 1. The van der Waals surface area contributed by atoms with Crippen molar-refractivity contribution in [3.05, 3.63) is 69.9 Å². The maximum Gasteiger partial charge on any atom is 0.326 e. The van der Waals surface area contributed by atoms with E-state index >= 15 is 0 Å². The van der Waals surface area contributed by atoms with Crippen molar-refractivity contribution in [2.75, 3.05) is 0 Å². The molecule has 0 spiro atoms. The summed E-state index contributed by atoms with van der Waals surface area (Å²) in [5.41, 5.74) is 3.24. The van der Waals surface area contributed by atoms with E-state index in [4.69, 9.17) is 0 Å². The lowest BCUT2D eigenvalue weighted by Crippen LogP contribution is -2.17. The van der Waals surface area contributed by atoms with Gasteiger partial charge in [-0.05, 0) is 30.7 Å². The van der Waals surface area contributed by atoms with E-state index in [-0.39, 0.29) is 11.5 Å². The second-order valence-electron chi connectivity index (χ2n) is 4.66. The predicted molar refractivity (Wildman–Crippen MR) is 72.8 cm³/mol. The fourth-order valence-corrected chi connectivity index (χ4v) is 2.17. The van der Waals surface area contributed by atoms with Gasteiger partial charge in [0.1, 0.15) is 5.82 Å². The molecule has 2 aromatic carbocycles. The SMILES string of the molecule is Cc1ccc(Cn2c(=O)[nH]c3cc(F)ccc32)cc1. The summed E-state index contributed by atoms with van der Waals surface area (Å²) < 4.78 is 14.7. The highest BCUT2D eigenvalue weighted by atomic mass is 19.1. The van der Waals surface area contributed by atoms with E-state index in [0.717, 1.165) is 5.56 Å². The van der Waals surface area contributed by atoms with Crippen molar-refractivity contribution in [2.45, 2.75) is 13.5 Å². The van der Waals surface area contributed by atoms with Crippen LogP contribution in [-0.4, -0.2) is 9.55 Å². The molecule has 96 valence electrons. The van der Waals surface area contributed by atoms with Gasteiger partial charge in [-0.3, -0.25) is 4.57 Å². The molecule has 0 radical (unpaired) electrons. The van der Waals surface area contributed by atoms with E-state index in [2.05, 4.69) is 4.98 Å². The molecule has 0 bridgehead atoms. The third-order valence-electron chi connectivity index (χ3n) is 3.20. The third kappa shape index (κ3) is 2.17. The number of nitrogens with zero attached hydrogens (tertiary/aromatic N) is 1. The molecule has 0 aliphatic rings. The van der Waals surface area contributed by atoms with Crippen molar-refractivity contribution in [1.29, 1.82) is 0 Å². The van der Waals surface area contributed by atoms with E-state index in [0.29, 0.717) is 17.6 Å². The van der Waals surface area contributed by atoms with E-state index in [1.54, 1.807) is 10.6 Å². The van der Waals surface area contributed by atoms with Crippen LogP contribution in [0.1, 0.15) is 11.1 Å². The second kappa shape index (κ2) is 4.39. The Kier molecular flexibility index (Phi) is 2.71. The largest absolute Gasteiger partial charge is 0.326 e. The van der Waals surface area contributed by atoms with Crippen LogP contribution >= 0.6 is 0 Å². The van der Waals surface area contributed by atoms with Crippen molar-refractivity contribution >= 4 is 11.0 Å². The lowest BCUT2D eigenvalue weighted by Gasteiger charge is -2.04. The highest BCUT2D eigenvalue weighted by molar-refractivity contribution is 5.75. The maximum absolute atomic E-state index is 13.1. The van der Waals surface area contributed by atoms with Gasteiger partial charge in [0.05, 0.1) is 17.6 Å². The average molecular weight is 256 g/mol. The monoisotopic (exact) mass is 256 g/mol. The molecule has 0 atom stereocenters. The summed E-state index contributed by atoms with van der Waals surface area (Å²) in [5, 5.41) is 0. The van der Waals surface area contributed by atoms with Gasteiger partial charge in [0, 0.05) is 0 Å². The standard InChI is InChI=1S/C15H13FN2O/c1-10-2-4-11(5-3-10)9-18-14-7-6-12(16)8-13(14)17-15(18)19/h2-8H,9H2,1H3,(H,17,19). The van der Waals surface area contributed by atoms with Gasteiger partial charge in [-0.2, -0.15) is 0 Å². The van der Waals surface area contributed by atoms with Crippen LogP contribution in [0.15, 0.2) is 47.3 Å². The van der Waals surface area contributed by atoms with Crippen molar-refractivity contribution in [1.82, 2.24) is 9.55 Å². The number of aryl methyl sites for hydroxylation is 1. The predicted octanol–water partition coefficient (Wildman–Crippen LogP) is 2.83. The Hall–Kier alpha value is -2.36. The number of rotatable bonds is 2. The highest BCUT2D eigenvalue weighted by Gasteiger charge is 2.07. The fourth-order valence-electron chi connectivity index (χ4n) is 2.17. The van der Waals surface area contributed by atoms with Crippen LogP contribution in [0.3, 0.4) is 0 Å². The molecule has 0 aliphatic carbocycles. The zero-order chi connectivity index (χ0) is 13.4. The molecule has 0 aliphatic heterocycles. The lowest BCUT2D eigenvalue weighted by molar-refractivity contribution is 0.629. The van der Waals surface area contributed by atoms with Gasteiger partial charge in [-0.1, -0.05) is 29.8 Å². The number of nitrogens with one attached hydrogen (secondary N) is 1. The summed E-state index contributed by atoms with van der Waals surface area (Å²) in [4.78, 5) is 14.6. The summed E-state index contributed by atoms with van der Waals surface area (Å²) in [6.07, 6.45) is 0. The highest BCUT2D eigenvalue weighted by Crippen LogP contribution is 2.13. The van der Waals surface area contributed by atoms with Crippen LogP contribution in [0.2, 0.25) is 0 Å². The van der Waals surface area contributed by atoms with Crippen LogP contribution in [0.25, 0.3) is 11.0 Å². The van der Waals surface area contributed by atoms with Gasteiger partial charge < -0.3 is 4.98 Å². The Morgan fingerprint density at radius 3 is 2.63 bits per heavy atom. The second-order valence-corrected chi connectivity index (χ2v) is 4.66. The van der Waals surface area contributed by atoms with Gasteiger partial charge in [0.25, 0.3) is 0 Å². The summed E-state index contributed by atoms with van der Waals surface area (Å²) in [5.74, 6) is -0.351. The molecule has 3 rings (SSSR count). The van der Waals surface area contributed by atoms with Crippen LogP contribution in [0.4, 0.5) is 4.39 Å². The topological polar surface area (TPSA) is 37.8 Å². The number of H-pyrrole nitrogens is 1. The molecule has 0 unspecified atom stereocenters. The van der Waals surface area contributed by atoms with Crippen molar-refractivity contribution in [3.8, 4) is 0 Å². The average Bonchev–Trinajstić information content (AvgIpc) is 2.68. The number of hydrogen-bond acceptors (Lipinski definition) is 1. The van der Waals surface area contributed by atoms with Gasteiger partial charge >= 0.3 is 5.69 Å². The molecule has 1 heterocycles. The Morgan fingerprint density at radius 1 is 1.16 bits per heavy atom. The molecule has 4 heteroatoms. The number of aromatic nitrogens is 2. The molecule has 3 nitrogen and oxygen atoms in total. The molecule has 1 aromatic heterocycles.